The molecule has 0 amide bonds. The van der Waals surface area contributed by atoms with Gasteiger partial charge in [-0.25, -0.2) is 8.78 Å². The molecule has 0 fully saturated rings. The minimum Gasteiger partial charge on any atom is -0.201 e. The molecule has 0 saturated heterocycles. The van der Waals surface area contributed by atoms with E-state index < -0.39 is 5.92 Å². The van der Waals surface area contributed by atoms with E-state index in [0.29, 0.717) is 0 Å². The van der Waals surface area contributed by atoms with Gasteiger partial charge in [-0.3, -0.25) is 0 Å². The molecular weight excluding hydrogens is 180 g/mol. The smallest absolute Gasteiger partial charge is 0.201 e. The first kappa shape index (κ1) is 7.88. The standard InChI is InChI=1S/C5H4ClF2NS/c1-5(7,8)3-2-4(6)9-10-3/h2H,1H3. The second-order valence-corrected chi connectivity index (χ2v) is 3.09. The molecule has 0 aliphatic rings. The van der Waals surface area contributed by atoms with Crippen LogP contribution in [0, 0.1) is 0 Å². The first-order valence-electron chi connectivity index (χ1n) is 2.50. The van der Waals surface area contributed by atoms with Crippen LogP contribution < -0.4 is 0 Å². The fourth-order valence-electron chi connectivity index (χ4n) is 0.461. The zero-order chi connectivity index (χ0) is 7.78. The summed E-state index contributed by atoms with van der Waals surface area (Å²) in [6, 6.07) is 1.17. The maximum Gasteiger partial charge on any atom is 0.281 e. The normalized spacial score (nSPS) is 12.0. The van der Waals surface area contributed by atoms with Crippen molar-refractivity contribution in [2.45, 2.75) is 12.8 Å². The Morgan fingerprint density at radius 1 is 1.70 bits per heavy atom. The summed E-state index contributed by atoms with van der Waals surface area (Å²) < 4.78 is 28.3. The lowest BCUT2D eigenvalue weighted by atomic mass is 10.3. The number of hydrogen-bond donors (Lipinski definition) is 0. The predicted molar refractivity (Wildman–Crippen MR) is 36.7 cm³/mol. The minimum atomic E-state index is -2.81. The third-order valence-electron chi connectivity index (χ3n) is 0.914. The second-order valence-electron chi connectivity index (χ2n) is 1.90. The van der Waals surface area contributed by atoms with E-state index in [0.717, 1.165) is 18.5 Å². The van der Waals surface area contributed by atoms with E-state index in [1.807, 2.05) is 0 Å². The van der Waals surface area contributed by atoms with Gasteiger partial charge in [0.2, 0.25) is 0 Å². The summed E-state index contributed by atoms with van der Waals surface area (Å²) in [5, 5.41) is 0.126. The summed E-state index contributed by atoms with van der Waals surface area (Å²) in [7, 11) is 0. The van der Waals surface area contributed by atoms with Crippen molar-refractivity contribution in [3.8, 4) is 0 Å². The van der Waals surface area contributed by atoms with Crippen LogP contribution in [0.15, 0.2) is 6.07 Å². The van der Waals surface area contributed by atoms with E-state index in [1.54, 1.807) is 0 Å². The molecule has 0 N–H and O–H groups in total. The summed E-state index contributed by atoms with van der Waals surface area (Å²) in [4.78, 5) is -0.0995. The highest BCUT2D eigenvalue weighted by molar-refractivity contribution is 7.06. The molecule has 0 unspecified atom stereocenters. The Kier molecular flexibility index (Phi) is 1.92. The van der Waals surface area contributed by atoms with Gasteiger partial charge in [-0.2, -0.15) is 4.37 Å². The molecule has 1 aromatic rings. The highest BCUT2D eigenvalue weighted by atomic mass is 35.5. The zero-order valence-electron chi connectivity index (χ0n) is 5.07. The molecule has 0 aromatic carbocycles. The SMILES string of the molecule is CC(F)(F)c1cc(Cl)ns1. The first-order valence-corrected chi connectivity index (χ1v) is 3.66. The third-order valence-corrected chi connectivity index (χ3v) is 2.17. The Balaban J connectivity index is 2.96. The van der Waals surface area contributed by atoms with Gasteiger partial charge in [0.05, 0.1) is 4.88 Å². The van der Waals surface area contributed by atoms with Crippen LogP contribution in [0.2, 0.25) is 5.15 Å². The van der Waals surface area contributed by atoms with Gasteiger partial charge in [-0.1, -0.05) is 11.6 Å². The van der Waals surface area contributed by atoms with E-state index >= 15 is 0 Å². The monoisotopic (exact) mass is 183 g/mol. The Morgan fingerprint density at radius 2 is 2.30 bits per heavy atom. The lowest BCUT2D eigenvalue weighted by molar-refractivity contribution is 0.0215. The van der Waals surface area contributed by atoms with Crippen LogP contribution >= 0.6 is 23.1 Å². The van der Waals surface area contributed by atoms with Crippen LogP contribution in [0.3, 0.4) is 0 Å². The summed E-state index contributed by atoms with van der Waals surface area (Å²) in [5.41, 5.74) is 0. The number of aromatic nitrogens is 1. The lowest BCUT2D eigenvalue weighted by Crippen LogP contribution is -2.02. The number of alkyl halides is 2. The molecule has 1 aromatic heterocycles. The molecule has 0 aliphatic heterocycles. The number of nitrogens with zero attached hydrogens (tertiary/aromatic N) is 1. The summed E-state index contributed by atoms with van der Waals surface area (Å²) in [6.07, 6.45) is 0. The van der Waals surface area contributed by atoms with Crippen LogP contribution in [0.1, 0.15) is 11.8 Å². The van der Waals surface area contributed by atoms with Crippen molar-refractivity contribution in [2.75, 3.05) is 0 Å². The molecule has 1 rings (SSSR count). The fourth-order valence-corrected chi connectivity index (χ4v) is 1.30. The van der Waals surface area contributed by atoms with Crippen LogP contribution in [-0.4, -0.2) is 4.37 Å². The van der Waals surface area contributed by atoms with Crippen molar-refractivity contribution in [2.24, 2.45) is 0 Å². The van der Waals surface area contributed by atoms with Crippen LogP contribution in [0.5, 0.6) is 0 Å². The molecule has 0 bridgehead atoms. The molecule has 0 aliphatic carbocycles. The number of halogens is 3. The van der Waals surface area contributed by atoms with E-state index in [2.05, 4.69) is 4.37 Å². The van der Waals surface area contributed by atoms with Crippen molar-refractivity contribution >= 4 is 23.1 Å². The topological polar surface area (TPSA) is 12.9 Å². The van der Waals surface area contributed by atoms with Gasteiger partial charge in [0, 0.05) is 6.92 Å². The summed E-state index contributed by atoms with van der Waals surface area (Å²) >= 11 is 6.06. The molecule has 10 heavy (non-hydrogen) atoms. The Bertz CT molecular complexity index is 230. The fraction of sp³-hybridized carbons (Fsp3) is 0.400. The van der Waals surface area contributed by atoms with Crippen LogP contribution in [-0.2, 0) is 5.92 Å². The molecule has 0 atom stereocenters. The van der Waals surface area contributed by atoms with E-state index in [1.165, 1.54) is 6.07 Å². The molecule has 0 radical (unpaired) electrons. The van der Waals surface area contributed by atoms with Crippen molar-refractivity contribution < 1.29 is 8.78 Å². The predicted octanol–water partition coefficient (Wildman–Crippen LogP) is 2.91. The lowest BCUT2D eigenvalue weighted by Gasteiger charge is -2.03. The molecule has 56 valence electrons. The van der Waals surface area contributed by atoms with Crippen molar-refractivity contribution in [3.05, 3.63) is 16.1 Å². The van der Waals surface area contributed by atoms with Gasteiger partial charge < -0.3 is 0 Å². The molecular formula is C5H4ClF2NS. The first-order chi connectivity index (χ1) is 4.50. The van der Waals surface area contributed by atoms with Gasteiger partial charge in [0.25, 0.3) is 5.92 Å². The zero-order valence-corrected chi connectivity index (χ0v) is 6.64. The quantitative estimate of drug-likeness (QED) is 0.653. The van der Waals surface area contributed by atoms with Crippen LogP contribution in [0.4, 0.5) is 8.78 Å². The maximum atomic E-state index is 12.4. The Labute approximate surface area is 65.8 Å². The largest absolute Gasteiger partial charge is 0.281 e. The average Bonchev–Trinajstić information content (AvgIpc) is 2.11. The minimum absolute atomic E-state index is 0.0995. The van der Waals surface area contributed by atoms with Crippen molar-refractivity contribution in [1.82, 2.24) is 4.37 Å². The van der Waals surface area contributed by atoms with Gasteiger partial charge >= 0.3 is 0 Å². The highest BCUT2D eigenvalue weighted by Gasteiger charge is 2.26. The number of rotatable bonds is 1. The maximum absolute atomic E-state index is 12.4. The summed E-state index contributed by atoms with van der Waals surface area (Å²) in [6.45, 7) is 0.816. The van der Waals surface area contributed by atoms with Crippen molar-refractivity contribution in [3.63, 3.8) is 0 Å². The van der Waals surface area contributed by atoms with E-state index in [9.17, 15) is 8.78 Å². The highest BCUT2D eigenvalue weighted by Crippen LogP contribution is 2.31. The van der Waals surface area contributed by atoms with Gasteiger partial charge in [-0.15, -0.1) is 0 Å². The number of hydrogen-bond acceptors (Lipinski definition) is 2. The molecule has 5 heteroatoms. The second kappa shape index (κ2) is 2.43. The Hall–Kier alpha value is -0.220. The third kappa shape index (κ3) is 1.64. The molecule has 0 spiro atoms. The van der Waals surface area contributed by atoms with Crippen molar-refractivity contribution in [1.29, 1.82) is 0 Å². The van der Waals surface area contributed by atoms with E-state index in [-0.39, 0.29) is 10.0 Å². The van der Waals surface area contributed by atoms with E-state index in [4.69, 9.17) is 11.6 Å². The van der Waals surface area contributed by atoms with Gasteiger partial charge in [0.15, 0.2) is 0 Å². The van der Waals surface area contributed by atoms with Gasteiger partial charge in [-0.05, 0) is 17.6 Å². The summed E-state index contributed by atoms with van der Waals surface area (Å²) in [5.74, 6) is -2.81. The molecule has 1 nitrogen and oxygen atoms in total. The van der Waals surface area contributed by atoms with Gasteiger partial charge in [0.1, 0.15) is 5.15 Å². The molecule has 1 heterocycles. The Morgan fingerprint density at radius 3 is 2.50 bits per heavy atom. The average molecular weight is 184 g/mol. The van der Waals surface area contributed by atoms with Crippen LogP contribution in [0.25, 0.3) is 0 Å². The molecule has 0 saturated carbocycles.